The minimum atomic E-state index is -1.15. The van der Waals surface area contributed by atoms with E-state index < -0.39 is 18.0 Å². The van der Waals surface area contributed by atoms with Crippen molar-refractivity contribution in [2.24, 2.45) is 15.9 Å². The summed E-state index contributed by atoms with van der Waals surface area (Å²) in [6.07, 6.45) is 3.09. The molecule has 0 bridgehead atoms. The Labute approximate surface area is 211 Å². The van der Waals surface area contributed by atoms with Gasteiger partial charge in [0.2, 0.25) is 0 Å². The molecule has 4 heterocycles. The first-order valence-corrected chi connectivity index (χ1v) is 11.5. The van der Waals surface area contributed by atoms with Gasteiger partial charge in [0.1, 0.15) is 47.1 Å². The second-order valence-corrected chi connectivity index (χ2v) is 8.48. The average Bonchev–Trinajstić information content (AvgIpc) is 3.31. The van der Waals surface area contributed by atoms with Crippen molar-refractivity contribution in [3.8, 4) is 11.8 Å². The van der Waals surface area contributed by atoms with Gasteiger partial charge in [-0.15, -0.1) is 0 Å². The van der Waals surface area contributed by atoms with Gasteiger partial charge in [-0.3, -0.25) is 9.98 Å². The van der Waals surface area contributed by atoms with Crippen LogP contribution in [0.25, 0.3) is 5.52 Å². The van der Waals surface area contributed by atoms with Crippen LogP contribution in [0.15, 0.2) is 46.9 Å². The Morgan fingerprint density at radius 3 is 2.76 bits per heavy atom. The number of pyridine rings is 2. The number of aliphatic imine (C=N–C) groups is 1. The second-order valence-electron chi connectivity index (χ2n) is 8.48. The van der Waals surface area contributed by atoms with Crippen LogP contribution in [0.3, 0.4) is 0 Å². The summed E-state index contributed by atoms with van der Waals surface area (Å²) in [5, 5.41) is 37.3. The van der Waals surface area contributed by atoms with Gasteiger partial charge in [-0.1, -0.05) is 0 Å². The number of fused-ring (bicyclic) bond motifs is 1. The maximum absolute atomic E-state index is 13.2. The molecule has 1 aliphatic rings. The summed E-state index contributed by atoms with van der Waals surface area (Å²) in [4.78, 5) is 21.1. The molecular weight excluding hydrogens is 483 g/mol. The van der Waals surface area contributed by atoms with Crippen molar-refractivity contribution < 1.29 is 24.1 Å². The molecule has 1 aliphatic heterocycles. The molecule has 4 rings (SSSR count). The number of likely N-dealkylation sites (tertiary alicyclic amines) is 1. The lowest BCUT2D eigenvalue weighted by molar-refractivity contribution is 0.105. The number of halogens is 1. The van der Waals surface area contributed by atoms with Crippen LogP contribution in [0.4, 0.5) is 9.18 Å². The zero-order valence-corrected chi connectivity index (χ0v) is 20.0. The number of rotatable bonds is 7. The molecule has 0 saturated carbocycles. The predicted octanol–water partition coefficient (Wildman–Crippen LogP) is 2.12. The van der Waals surface area contributed by atoms with E-state index in [2.05, 4.69) is 21.3 Å². The maximum Gasteiger partial charge on any atom is 0.407 e. The summed E-state index contributed by atoms with van der Waals surface area (Å²) in [6, 6.07) is 6.15. The number of amides is 1. The lowest BCUT2D eigenvalue weighted by Crippen LogP contribution is -2.39. The highest BCUT2D eigenvalue weighted by Gasteiger charge is 2.23. The van der Waals surface area contributed by atoms with Crippen molar-refractivity contribution in [1.29, 1.82) is 5.26 Å². The fourth-order valence-corrected chi connectivity index (χ4v) is 4.14. The molecule has 1 saturated heterocycles. The van der Waals surface area contributed by atoms with E-state index >= 15 is 0 Å². The third-order valence-corrected chi connectivity index (χ3v) is 6.04. The predicted molar refractivity (Wildman–Crippen MR) is 131 cm³/mol. The molecule has 0 spiro atoms. The summed E-state index contributed by atoms with van der Waals surface area (Å²) in [5.74, 6) is 5.45. The molecule has 13 heteroatoms. The highest BCUT2D eigenvalue weighted by atomic mass is 19.1. The molecule has 3 aromatic heterocycles. The summed E-state index contributed by atoms with van der Waals surface area (Å²) in [5.41, 5.74) is 2.29. The largest absolute Gasteiger partial charge is 0.488 e. The number of ether oxygens (including phenoxy) is 1. The van der Waals surface area contributed by atoms with Gasteiger partial charge in [0.15, 0.2) is 0 Å². The Bertz CT molecular complexity index is 1390. The van der Waals surface area contributed by atoms with Crippen LogP contribution in [0.5, 0.6) is 5.75 Å². The first-order valence-electron chi connectivity index (χ1n) is 11.5. The normalized spacial score (nSPS) is 16.0. The van der Waals surface area contributed by atoms with Crippen LogP contribution in [-0.4, -0.2) is 73.0 Å². The summed E-state index contributed by atoms with van der Waals surface area (Å²) in [7, 11) is 0. The van der Waals surface area contributed by atoms with Gasteiger partial charge in [-0.2, -0.15) is 15.5 Å². The number of carboxylic acid groups (broad SMARTS) is 1. The van der Waals surface area contributed by atoms with E-state index in [0.717, 1.165) is 6.20 Å². The van der Waals surface area contributed by atoms with Crippen molar-refractivity contribution in [2.75, 3.05) is 19.7 Å². The van der Waals surface area contributed by atoms with E-state index in [4.69, 9.17) is 20.7 Å². The van der Waals surface area contributed by atoms with E-state index in [0.29, 0.717) is 48.4 Å². The van der Waals surface area contributed by atoms with E-state index in [1.165, 1.54) is 27.7 Å². The quantitative estimate of drug-likeness (QED) is 0.247. The standard InChI is InChI=1S/C24H25FN8O4/c1-14(30-18-4-6-32(7-5-18)24(35)36)22(31-27)15-8-21(23-16(9-26)10-29-33(23)12-15)37-13-20(34)19-3-2-17(25)11-28-19/h2-3,8,10-12,18,20,34H,4-7,13,27H2,1H3,(H,35,36)/b30-14?,31-22+. The Kier molecular flexibility index (Phi) is 7.59. The fourth-order valence-electron chi connectivity index (χ4n) is 4.14. The Balaban J connectivity index is 1.60. The monoisotopic (exact) mass is 508 g/mol. The van der Waals surface area contributed by atoms with Crippen LogP contribution in [-0.2, 0) is 0 Å². The van der Waals surface area contributed by atoms with Crippen molar-refractivity contribution in [2.45, 2.75) is 31.9 Å². The van der Waals surface area contributed by atoms with E-state index in [-0.39, 0.29) is 29.7 Å². The highest BCUT2D eigenvalue weighted by molar-refractivity contribution is 6.47. The zero-order chi connectivity index (χ0) is 26.5. The smallest absolute Gasteiger partial charge is 0.407 e. The van der Waals surface area contributed by atoms with Gasteiger partial charge in [0.05, 0.1) is 29.8 Å². The molecule has 192 valence electrons. The number of aliphatic hydroxyl groups excluding tert-OH is 1. The molecule has 1 amide bonds. The Hall–Kier alpha value is -4.57. The first-order chi connectivity index (χ1) is 17.8. The van der Waals surface area contributed by atoms with Gasteiger partial charge < -0.3 is 25.7 Å². The minimum absolute atomic E-state index is 0.0833. The topological polar surface area (TPSA) is 175 Å². The van der Waals surface area contributed by atoms with Crippen molar-refractivity contribution >= 4 is 23.0 Å². The van der Waals surface area contributed by atoms with E-state index in [1.807, 2.05) is 0 Å². The lowest BCUT2D eigenvalue weighted by Gasteiger charge is -2.28. The number of nitrogens with zero attached hydrogens (tertiary/aromatic N) is 7. The van der Waals surface area contributed by atoms with Crippen LogP contribution < -0.4 is 10.6 Å². The van der Waals surface area contributed by atoms with Crippen LogP contribution in [0.2, 0.25) is 0 Å². The third kappa shape index (κ3) is 5.65. The SMILES string of the molecule is CC(=NC1CCN(C(=O)O)CC1)/C(=N\N)c1cc(OCC(O)c2ccc(F)cn2)c2c(C#N)cnn2c1. The molecular formula is C24H25FN8O4. The number of piperidine rings is 1. The fraction of sp³-hybridized carbons (Fsp3) is 0.333. The number of carbonyl (C=O) groups is 1. The number of aromatic nitrogens is 3. The van der Waals surface area contributed by atoms with Gasteiger partial charge >= 0.3 is 6.09 Å². The second kappa shape index (κ2) is 11.0. The number of aliphatic hydroxyl groups is 1. The van der Waals surface area contributed by atoms with Crippen LogP contribution >= 0.6 is 0 Å². The van der Waals surface area contributed by atoms with Gasteiger partial charge in [0.25, 0.3) is 0 Å². The first kappa shape index (κ1) is 25.5. The molecule has 0 aliphatic carbocycles. The average molecular weight is 509 g/mol. The molecule has 4 N–H and O–H groups in total. The summed E-state index contributed by atoms with van der Waals surface area (Å²) >= 11 is 0. The molecule has 12 nitrogen and oxygen atoms in total. The van der Waals surface area contributed by atoms with Gasteiger partial charge in [-0.05, 0) is 38.0 Å². The van der Waals surface area contributed by atoms with Crippen LogP contribution in [0.1, 0.15) is 42.7 Å². The molecule has 0 aromatic carbocycles. The van der Waals surface area contributed by atoms with Crippen molar-refractivity contribution in [3.63, 3.8) is 0 Å². The van der Waals surface area contributed by atoms with E-state index in [1.54, 1.807) is 19.2 Å². The number of hydrogen-bond donors (Lipinski definition) is 3. The van der Waals surface area contributed by atoms with E-state index in [9.17, 15) is 19.6 Å². The van der Waals surface area contributed by atoms with Crippen LogP contribution in [0, 0.1) is 17.1 Å². The van der Waals surface area contributed by atoms with Gasteiger partial charge in [-0.25, -0.2) is 13.7 Å². The van der Waals surface area contributed by atoms with Crippen molar-refractivity contribution in [1.82, 2.24) is 19.5 Å². The molecule has 1 atom stereocenters. The number of nitrogens with two attached hydrogens (primary N) is 1. The number of hydrazone groups is 1. The lowest BCUT2D eigenvalue weighted by atomic mass is 10.0. The molecule has 3 aromatic rings. The molecule has 1 fully saturated rings. The summed E-state index contributed by atoms with van der Waals surface area (Å²) < 4.78 is 20.5. The summed E-state index contributed by atoms with van der Waals surface area (Å²) in [6.45, 7) is 2.32. The Morgan fingerprint density at radius 2 is 2.14 bits per heavy atom. The van der Waals surface area contributed by atoms with Crippen molar-refractivity contribution in [3.05, 3.63) is 59.4 Å². The minimum Gasteiger partial charge on any atom is -0.488 e. The maximum atomic E-state index is 13.2. The Morgan fingerprint density at radius 1 is 1.38 bits per heavy atom. The molecule has 37 heavy (non-hydrogen) atoms. The van der Waals surface area contributed by atoms with Gasteiger partial charge in [0, 0.05) is 24.8 Å². The third-order valence-electron chi connectivity index (χ3n) is 6.04. The number of nitriles is 1. The molecule has 0 radical (unpaired) electrons. The zero-order valence-electron chi connectivity index (χ0n) is 20.0. The molecule has 1 unspecified atom stereocenters. The number of hydrogen-bond acceptors (Lipinski definition) is 9. The highest BCUT2D eigenvalue weighted by Crippen LogP contribution is 2.27.